The zero-order valence-corrected chi connectivity index (χ0v) is 12.9. The van der Waals surface area contributed by atoms with E-state index in [9.17, 15) is 13.6 Å². The average molecular weight is 320 g/mol. The van der Waals surface area contributed by atoms with Gasteiger partial charge in [-0.05, 0) is 38.1 Å². The first kappa shape index (κ1) is 16.7. The molecular weight excluding hydrogens is 302 g/mol. The van der Waals surface area contributed by atoms with Crippen molar-refractivity contribution >= 4 is 17.3 Å². The minimum absolute atomic E-state index is 0.0200. The third kappa shape index (κ3) is 4.95. The first-order chi connectivity index (χ1) is 11.0. The maximum atomic E-state index is 13.1. The molecule has 4 nitrogen and oxygen atoms in total. The van der Waals surface area contributed by atoms with Crippen molar-refractivity contribution in [2.24, 2.45) is 0 Å². The van der Waals surface area contributed by atoms with Gasteiger partial charge in [0.15, 0.2) is 11.6 Å². The number of benzene rings is 2. The zero-order chi connectivity index (χ0) is 16.8. The largest absolute Gasteiger partial charge is 0.489 e. The van der Waals surface area contributed by atoms with Crippen LogP contribution >= 0.6 is 0 Å². The van der Waals surface area contributed by atoms with Crippen LogP contribution in [0.1, 0.15) is 13.8 Å². The van der Waals surface area contributed by atoms with Crippen molar-refractivity contribution in [1.82, 2.24) is 0 Å². The average Bonchev–Trinajstić information content (AvgIpc) is 2.50. The molecule has 0 aromatic heterocycles. The predicted molar refractivity (Wildman–Crippen MR) is 85.7 cm³/mol. The van der Waals surface area contributed by atoms with Crippen LogP contribution in [-0.4, -0.2) is 18.6 Å². The molecule has 122 valence electrons. The van der Waals surface area contributed by atoms with E-state index in [1.165, 1.54) is 6.07 Å². The van der Waals surface area contributed by atoms with E-state index in [-0.39, 0.29) is 18.6 Å². The second-order valence-electron chi connectivity index (χ2n) is 5.19. The van der Waals surface area contributed by atoms with Crippen molar-refractivity contribution in [3.8, 4) is 5.75 Å². The van der Waals surface area contributed by atoms with E-state index < -0.39 is 11.6 Å². The molecule has 2 aromatic carbocycles. The van der Waals surface area contributed by atoms with E-state index in [0.717, 1.165) is 12.1 Å². The fraction of sp³-hybridized carbons (Fsp3) is 0.235. The summed E-state index contributed by atoms with van der Waals surface area (Å²) in [6, 6.07) is 10.4. The first-order valence-electron chi connectivity index (χ1n) is 7.20. The van der Waals surface area contributed by atoms with E-state index in [1.807, 2.05) is 19.9 Å². The van der Waals surface area contributed by atoms with E-state index >= 15 is 0 Å². The van der Waals surface area contributed by atoms with Crippen molar-refractivity contribution in [2.75, 3.05) is 17.2 Å². The summed E-state index contributed by atoms with van der Waals surface area (Å²) >= 11 is 0. The number of amides is 1. The predicted octanol–water partition coefficient (Wildman–Crippen LogP) is 3.80. The highest BCUT2D eigenvalue weighted by Crippen LogP contribution is 2.24. The lowest BCUT2D eigenvalue weighted by Crippen LogP contribution is -2.22. The van der Waals surface area contributed by atoms with Gasteiger partial charge in [-0.1, -0.05) is 12.1 Å². The van der Waals surface area contributed by atoms with Gasteiger partial charge >= 0.3 is 0 Å². The number of para-hydroxylation sites is 2. The Morgan fingerprint density at radius 2 is 1.87 bits per heavy atom. The molecule has 0 fully saturated rings. The van der Waals surface area contributed by atoms with Gasteiger partial charge in [0.1, 0.15) is 5.75 Å². The summed E-state index contributed by atoms with van der Waals surface area (Å²) in [5.41, 5.74) is 0.879. The Balaban J connectivity index is 1.96. The Hall–Kier alpha value is -2.63. The molecule has 0 saturated carbocycles. The molecule has 1 amide bonds. The van der Waals surface area contributed by atoms with Crippen LogP contribution in [0.5, 0.6) is 5.75 Å². The number of hydrogen-bond acceptors (Lipinski definition) is 3. The van der Waals surface area contributed by atoms with Gasteiger partial charge in [0.2, 0.25) is 5.91 Å². The summed E-state index contributed by atoms with van der Waals surface area (Å²) in [6.07, 6.45) is -0.0200. The van der Waals surface area contributed by atoms with Crippen molar-refractivity contribution in [2.45, 2.75) is 20.0 Å². The molecular formula is C17H18F2N2O2. The molecule has 2 aromatic rings. The minimum atomic E-state index is -0.967. The van der Waals surface area contributed by atoms with Gasteiger partial charge in [0, 0.05) is 11.8 Å². The summed E-state index contributed by atoms with van der Waals surface area (Å²) < 4.78 is 31.5. The number of anilines is 2. The molecule has 0 atom stereocenters. The van der Waals surface area contributed by atoms with Crippen LogP contribution in [0.4, 0.5) is 20.2 Å². The van der Waals surface area contributed by atoms with Gasteiger partial charge < -0.3 is 15.4 Å². The van der Waals surface area contributed by atoms with Gasteiger partial charge in [0.25, 0.3) is 0 Å². The van der Waals surface area contributed by atoms with Crippen LogP contribution in [0.3, 0.4) is 0 Å². The minimum Gasteiger partial charge on any atom is -0.489 e. The van der Waals surface area contributed by atoms with Gasteiger partial charge in [-0.15, -0.1) is 0 Å². The fourth-order valence-corrected chi connectivity index (χ4v) is 1.91. The van der Waals surface area contributed by atoms with Crippen LogP contribution in [0.25, 0.3) is 0 Å². The third-order valence-corrected chi connectivity index (χ3v) is 2.90. The van der Waals surface area contributed by atoms with Gasteiger partial charge in [-0.3, -0.25) is 4.79 Å². The lowest BCUT2D eigenvalue weighted by atomic mass is 10.2. The number of rotatable bonds is 6. The number of halogens is 2. The second-order valence-corrected chi connectivity index (χ2v) is 5.19. The molecule has 0 saturated heterocycles. The Bertz CT molecular complexity index is 690. The lowest BCUT2D eigenvalue weighted by molar-refractivity contribution is -0.114. The lowest BCUT2D eigenvalue weighted by Gasteiger charge is -2.15. The summed E-state index contributed by atoms with van der Waals surface area (Å²) in [7, 11) is 0. The van der Waals surface area contributed by atoms with Gasteiger partial charge in [-0.2, -0.15) is 0 Å². The number of carbonyl (C=O) groups is 1. The van der Waals surface area contributed by atoms with Crippen LogP contribution < -0.4 is 15.4 Å². The highest BCUT2D eigenvalue weighted by molar-refractivity contribution is 5.95. The highest BCUT2D eigenvalue weighted by Gasteiger charge is 2.09. The highest BCUT2D eigenvalue weighted by atomic mass is 19.2. The third-order valence-electron chi connectivity index (χ3n) is 2.90. The number of ether oxygens (including phenoxy) is 1. The molecule has 0 aliphatic carbocycles. The molecule has 0 bridgehead atoms. The number of nitrogens with one attached hydrogen (secondary N) is 2. The van der Waals surface area contributed by atoms with Crippen molar-refractivity contribution in [3.63, 3.8) is 0 Å². The number of hydrogen-bond donors (Lipinski definition) is 2. The Kier molecular flexibility index (Phi) is 5.51. The van der Waals surface area contributed by atoms with E-state index in [1.54, 1.807) is 18.2 Å². The first-order valence-corrected chi connectivity index (χ1v) is 7.20. The zero-order valence-electron chi connectivity index (χ0n) is 12.9. The molecule has 6 heteroatoms. The molecule has 0 radical (unpaired) electrons. The van der Waals surface area contributed by atoms with Crippen LogP contribution in [0, 0.1) is 11.6 Å². The maximum Gasteiger partial charge on any atom is 0.243 e. The molecule has 0 aliphatic rings. The quantitative estimate of drug-likeness (QED) is 0.851. The molecule has 23 heavy (non-hydrogen) atoms. The van der Waals surface area contributed by atoms with Crippen molar-refractivity contribution < 1.29 is 18.3 Å². The Morgan fingerprint density at radius 1 is 1.13 bits per heavy atom. The molecule has 2 rings (SSSR count). The Morgan fingerprint density at radius 3 is 2.57 bits per heavy atom. The van der Waals surface area contributed by atoms with Crippen LogP contribution in [0.15, 0.2) is 42.5 Å². The Labute approximate surface area is 133 Å². The van der Waals surface area contributed by atoms with Crippen molar-refractivity contribution in [3.05, 3.63) is 54.1 Å². The summed E-state index contributed by atoms with van der Waals surface area (Å²) in [5, 5.41) is 5.45. The second kappa shape index (κ2) is 7.58. The topological polar surface area (TPSA) is 50.4 Å². The SMILES string of the molecule is CC(C)Oc1ccccc1NC(=O)CNc1ccc(F)c(F)c1. The molecule has 0 spiro atoms. The van der Waals surface area contributed by atoms with Gasteiger partial charge in [-0.25, -0.2) is 8.78 Å². The maximum absolute atomic E-state index is 13.1. The summed E-state index contributed by atoms with van der Waals surface area (Å²) in [6.45, 7) is 3.70. The van der Waals surface area contributed by atoms with Crippen LogP contribution in [-0.2, 0) is 4.79 Å². The van der Waals surface area contributed by atoms with E-state index in [4.69, 9.17) is 4.74 Å². The van der Waals surface area contributed by atoms with E-state index in [2.05, 4.69) is 10.6 Å². The van der Waals surface area contributed by atoms with Crippen molar-refractivity contribution in [1.29, 1.82) is 0 Å². The summed E-state index contributed by atoms with van der Waals surface area (Å²) in [4.78, 5) is 12.0. The monoisotopic (exact) mass is 320 g/mol. The van der Waals surface area contributed by atoms with Crippen LogP contribution in [0.2, 0.25) is 0 Å². The van der Waals surface area contributed by atoms with Gasteiger partial charge in [0.05, 0.1) is 18.3 Å². The standard InChI is InChI=1S/C17H18F2N2O2/c1-11(2)23-16-6-4-3-5-15(16)21-17(22)10-20-12-7-8-13(18)14(19)9-12/h3-9,11,20H,10H2,1-2H3,(H,21,22). The molecule has 0 unspecified atom stereocenters. The number of carbonyl (C=O) groups excluding carboxylic acids is 1. The molecule has 2 N–H and O–H groups in total. The smallest absolute Gasteiger partial charge is 0.243 e. The summed E-state index contributed by atoms with van der Waals surface area (Å²) in [5.74, 6) is -1.65. The molecule has 0 aliphatic heterocycles. The molecule has 0 heterocycles. The van der Waals surface area contributed by atoms with E-state index in [0.29, 0.717) is 17.1 Å². The normalized spacial score (nSPS) is 10.5. The fourth-order valence-electron chi connectivity index (χ4n) is 1.91.